The molecule has 0 atom stereocenters. The number of nitrogens with zero attached hydrogens (tertiary/aromatic N) is 1. The first kappa shape index (κ1) is 17.3. The van der Waals surface area contributed by atoms with Crippen molar-refractivity contribution in [2.24, 2.45) is 0 Å². The Morgan fingerprint density at radius 3 is 2.80 bits per heavy atom. The molecule has 7 heteroatoms. The SMILES string of the molecule is COc1ccc(/C=C(\SCC(=O)O)c2nc3ccccc3s2)cc1O. The molecule has 3 aromatic rings. The molecular weight excluding hydrogens is 358 g/mol. The van der Waals surface area contributed by atoms with Crippen molar-refractivity contribution < 1.29 is 19.7 Å². The number of aromatic hydroxyl groups is 1. The number of aromatic nitrogens is 1. The normalized spacial score (nSPS) is 11.6. The van der Waals surface area contributed by atoms with Crippen LogP contribution < -0.4 is 4.74 Å². The molecule has 1 aromatic heterocycles. The molecule has 0 bridgehead atoms. The summed E-state index contributed by atoms with van der Waals surface area (Å²) in [5.74, 6) is -0.543. The van der Waals surface area contributed by atoms with Crippen LogP contribution in [0.3, 0.4) is 0 Å². The summed E-state index contributed by atoms with van der Waals surface area (Å²) in [4.78, 5) is 16.3. The number of hydrogen-bond donors (Lipinski definition) is 2. The fourth-order valence-corrected chi connectivity index (χ4v) is 4.08. The maximum absolute atomic E-state index is 11.0. The fraction of sp³-hybridized carbons (Fsp3) is 0.111. The molecule has 25 heavy (non-hydrogen) atoms. The molecule has 2 N–H and O–H groups in total. The van der Waals surface area contributed by atoms with Gasteiger partial charge in [-0.05, 0) is 35.9 Å². The Morgan fingerprint density at radius 1 is 1.32 bits per heavy atom. The van der Waals surface area contributed by atoms with E-state index in [-0.39, 0.29) is 11.5 Å². The summed E-state index contributed by atoms with van der Waals surface area (Å²) in [5.41, 5.74) is 1.62. The van der Waals surface area contributed by atoms with Gasteiger partial charge < -0.3 is 14.9 Å². The number of para-hydroxylation sites is 1. The third kappa shape index (κ3) is 4.12. The van der Waals surface area contributed by atoms with E-state index in [1.807, 2.05) is 30.3 Å². The number of rotatable bonds is 6. The molecule has 0 spiro atoms. The van der Waals surface area contributed by atoms with Crippen molar-refractivity contribution in [3.05, 3.63) is 53.0 Å². The minimum Gasteiger partial charge on any atom is -0.504 e. The zero-order valence-corrected chi connectivity index (χ0v) is 14.9. The Morgan fingerprint density at radius 2 is 2.12 bits per heavy atom. The molecule has 0 amide bonds. The van der Waals surface area contributed by atoms with Crippen molar-refractivity contribution in [1.29, 1.82) is 0 Å². The second-order valence-corrected chi connectivity index (χ2v) is 7.16. The minimum atomic E-state index is -0.894. The first-order chi connectivity index (χ1) is 12.1. The molecule has 3 rings (SSSR count). The first-order valence-corrected chi connectivity index (χ1v) is 9.16. The highest BCUT2D eigenvalue weighted by atomic mass is 32.2. The van der Waals surface area contributed by atoms with E-state index >= 15 is 0 Å². The van der Waals surface area contributed by atoms with Crippen LogP contribution in [0.15, 0.2) is 42.5 Å². The van der Waals surface area contributed by atoms with E-state index in [1.165, 1.54) is 30.2 Å². The Hall–Kier alpha value is -2.51. The molecule has 0 fully saturated rings. The number of aliphatic carboxylic acids is 1. The highest BCUT2D eigenvalue weighted by molar-refractivity contribution is 8.09. The van der Waals surface area contributed by atoms with Crippen LogP contribution in [-0.4, -0.2) is 34.0 Å². The van der Waals surface area contributed by atoms with Gasteiger partial charge in [0.25, 0.3) is 0 Å². The summed E-state index contributed by atoms with van der Waals surface area (Å²) in [6, 6.07) is 12.8. The van der Waals surface area contributed by atoms with Gasteiger partial charge in [0.2, 0.25) is 0 Å². The molecule has 1 heterocycles. The standard InChI is InChI=1S/C18H15NO4S2/c1-23-14-7-6-11(8-13(14)20)9-16(24-10-17(21)22)18-19-12-4-2-3-5-15(12)25-18/h2-9,20H,10H2,1H3,(H,21,22)/b16-9-. The van der Waals surface area contributed by atoms with Gasteiger partial charge in [0.15, 0.2) is 11.5 Å². The Kier molecular flexibility index (Phi) is 5.25. The number of fused-ring (bicyclic) bond motifs is 1. The lowest BCUT2D eigenvalue weighted by atomic mass is 10.2. The van der Waals surface area contributed by atoms with Gasteiger partial charge in [-0.1, -0.05) is 18.2 Å². The number of carboxylic acids is 1. The van der Waals surface area contributed by atoms with E-state index in [2.05, 4.69) is 4.98 Å². The number of carboxylic acid groups (broad SMARTS) is 1. The fourth-order valence-electron chi connectivity index (χ4n) is 2.23. The largest absolute Gasteiger partial charge is 0.504 e. The monoisotopic (exact) mass is 373 g/mol. The summed E-state index contributed by atoms with van der Waals surface area (Å²) in [7, 11) is 1.49. The first-order valence-electron chi connectivity index (χ1n) is 7.36. The number of thiazole rings is 1. The Labute approximate surface area is 152 Å². The molecule has 0 aliphatic carbocycles. The second-order valence-electron chi connectivity index (χ2n) is 5.11. The zero-order valence-electron chi connectivity index (χ0n) is 13.3. The molecule has 0 unspecified atom stereocenters. The number of phenolic OH excluding ortho intramolecular Hbond substituents is 1. The van der Waals surface area contributed by atoms with E-state index in [1.54, 1.807) is 18.2 Å². The van der Waals surface area contributed by atoms with Gasteiger partial charge in [0, 0.05) is 4.91 Å². The predicted molar refractivity (Wildman–Crippen MR) is 102 cm³/mol. The smallest absolute Gasteiger partial charge is 0.313 e. The highest BCUT2D eigenvalue weighted by Crippen LogP contribution is 2.36. The summed E-state index contributed by atoms with van der Waals surface area (Å²) < 4.78 is 6.08. The third-order valence-corrected chi connectivity index (χ3v) is 5.57. The van der Waals surface area contributed by atoms with Crippen LogP contribution in [-0.2, 0) is 4.79 Å². The minimum absolute atomic E-state index is 0.0307. The summed E-state index contributed by atoms with van der Waals surface area (Å²) >= 11 is 2.71. The third-order valence-electron chi connectivity index (χ3n) is 3.36. The quantitative estimate of drug-likeness (QED) is 0.670. The zero-order chi connectivity index (χ0) is 17.8. The highest BCUT2D eigenvalue weighted by Gasteiger charge is 2.12. The topological polar surface area (TPSA) is 79.7 Å². The van der Waals surface area contributed by atoms with Gasteiger partial charge >= 0.3 is 5.97 Å². The lowest BCUT2D eigenvalue weighted by molar-refractivity contribution is -0.133. The van der Waals surface area contributed by atoms with Gasteiger partial charge in [-0.25, -0.2) is 4.98 Å². The van der Waals surface area contributed by atoms with Gasteiger partial charge in [0.1, 0.15) is 5.01 Å². The van der Waals surface area contributed by atoms with Crippen molar-refractivity contribution in [2.45, 2.75) is 0 Å². The van der Waals surface area contributed by atoms with Gasteiger partial charge in [-0.15, -0.1) is 23.1 Å². The van der Waals surface area contributed by atoms with Crippen LogP contribution in [0.4, 0.5) is 0 Å². The number of phenols is 1. The predicted octanol–water partition coefficient (Wildman–Crippen LogP) is 4.33. The molecule has 2 aromatic carbocycles. The number of carbonyl (C=O) groups is 1. The van der Waals surface area contributed by atoms with Crippen molar-refractivity contribution >= 4 is 50.3 Å². The molecule has 0 aliphatic heterocycles. The lowest BCUT2D eigenvalue weighted by Gasteiger charge is -2.06. The second kappa shape index (κ2) is 7.58. The maximum atomic E-state index is 11.0. The van der Waals surface area contributed by atoms with Gasteiger partial charge in [0.05, 0.1) is 23.1 Å². The molecule has 0 saturated carbocycles. The Bertz CT molecular complexity index is 916. The molecule has 0 radical (unpaired) electrons. The van der Waals surface area contributed by atoms with Crippen LogP contribution in [0.2, 0.25) is 0 Å². The van der Waals surface area contributed by atoms with Crippen LogP contribution in [0, 0.1) is 0 Å². The van der Waals surface area contributed by atoms with Crippen molar-refractivity contribution in [1.82, 2.24) is 4.98 Å². The average Bonchev–Trinajstić information content (AvgIpc) is 3.02. The molecular formula is C18H15NO4S2. The van der Waals surface area contributed by atoms with E-state index in [4.69, 9.17) is 9.84 Å². The van der Waals surface area contributed by atoms with Crippen molar-refractivity contribution in [3.63, 3.8) is 0 Å². The maximum Gasteiger partial charge on any atom is 0.313 e. The number of hydrogen-bond acceptors (Lipinski definition) is 6. The number of ether oxygens (including phenoxy) is 1. The Balaban J connectivity index is 2.01. The van der Waals surface area contributed by atoms with Crippen LogP contribution in [0.25, 0.3) is 21.2 Å². The summed E-state index contributed by atoms with van der Waals surface area (Å²) in [6.45, 7) is 0. The average molecular weight is 373 g/mol. The van der Waals surface area contributed by atoms with Crippen molar-refractivity contribution in [3.8, 4) is 11.5 Å². The number of benzene rings is 2. The van der Waals surface area contributed by atoms with Crippen LogP contribution >= 0.6 is 23.1 Å². The van der Waals surface area contributed by atoms with Crippen LogP contribution in [0.5, 0.6) is 11.5 Å². The summed E-state index contributed by atoms with van der Waals surface area (Å²) in [6.07, 6.45) is 1.82. The van der Waals surface area contributed by atoms with E-state index in [0.717, 1.165) is 25.7 Å². The van der Waals surface area contributed by atoms with E-state index in [0.29, 0.717) is 5.75 Å². The van der Waals surface area contributed by atoms with Crippen LogP contribution in [0.1, 0.15) is 10.6 Å². The van der Waals surface area contributed by atoms with Crippen molar-refractivity contribution in [2.75, 3.05) is 12.9 Å². The molecule has 0 aliphatic rings. The van der Waals surface area contributed by atoms with E-state index < -0.39 is 5.97 Å². The van der Waals surface area contributed by atoms with Gasteiger partial charge in [-0.3, -0.25) is 4.79 Å². The van der Waals surface area contributed by atoms with E-state index in [9.17, 15) is 9.90 Å². The number of methoxy groups -OCH3 is 1. The van der Waals surface area contributed by atoms with Gasteiger partial charge in [-0.2, -0.15) is 0 Å². The molecule has 0 saturated heterocycles. The lowest BCUT2D eigenvalue weighted by Crippen LogP contribution is -1.98. The number of thioether (sulfide) groups is 1. The molecule has 128 valence electrons. The molecule has 5 nitrogen and oxygen atoms in total. The summed E-state index contributed by atoms with van der Waals surface area (Å²) in [5, 5.41) is 19.7.